The number of hydrogen-bond donors (Lipinski definition) is 2. The van der Waals surface area contributed by atoms with Gasteiger partial charge in [0.2, 0.25) is 0 Å². The maximum absolute atomic E-state index is 9.00. The summed E-state index contributed by atoms with van der Waals surface area (Å²) in [6, 6.07) is 5.97. The number of thioether (sulfide) groups is 1. The molecule has 0 bridgehead atoms. The molecule has 12 heavy (non-hydrogen) atoms. The molecule has 0 aromatic heterocycles. The van der Waals surface area contributed by atoms with Crippen LogP contribution >= 0.6 is 11.8 Å². The molecular weight excluding hydrogens is 170 g/mol. The summed E-state index contributed by atoms with van der Waals surface area (Å²) in [7, 11) is 0. The fraction of sp³-hybridized carbons (Fsp3) is 0.333. The molecular formula is C9H13NOS. The summed E-state index contributed by atoms with van der Waals surface area (Å²) in [6.45, 7) is 0.561. The van der Waals surface area contributed by atoms with E-state index in [2.05, 4.69) is 0 Å². The van der Waals surface area contributed by atoms with E-state index in [0.717, 1.165) is 16.0 Å². The van der Waals surface area contributed by atoms with Gasteiger partial charge in [-0.3, -0.25) is 0 Å². The molecule has 3 N–H and O–H groups in total. The van der Waals surface area contributed by atoms with Crippen LogP contribution in [-0.4, -0.2) is 11.4 Å². The molecule has 1 rings (SSSR count). The second kappa shape index (κ2) is 4.50. The van der Waals surface area contributed by atoms with Crippen LogP contribution in [0.2, 0.25) is 0 Å². The van der Waals surface area contributed by atoms with Gasteiger partial charge in [-0.25, -0.2) is 0 Å². The van der Waals surface area contributed by atoms with E-state index in [1.807, 2.05) is 24.5 Å². The molecule has 0 spiro atoms. The van der Waals surface area contributed by atoms with Crippen LogP contribution in [-0.2, 0) is 13.2 Å². The Morgan fingerprint density at radius 1 is 1.42 bits per heavy atom. The lowest BCUT2D eigenvalue weighted by Gasteiger charge is -2.06. The normalized spacial score (nSPS) is 10.2. The number of aliphatic hydroxyl groups is 1. The highest BCUT2D eigenvalue weighted by Crippen LogP contribution is 2.19. The van der Waals surface area contributed by atoms with E-state index in [1.54, 1.807) is 11.8 Å². The lowest BCUT2D eigenvalue weighted by molar-refractivity contribution is 0.280. The van der Waals surface area contributed by atoms with Crippen LogP contribution in [0.4, 0.5) is 0 Å². The molecule has 0 heterocycles. The Morgan fingerprint density at radius 2 is 2.17 bits per heavy atom. The highest BCUT2D eigenvalue weighted by atomic mass is 32.2. The molecule has 0 saturated heterocycles. The predicted molar refractivity (Wildman–Crippen MR) is 52.0 cm³/mol. The average molecular weight is 183 g/mol. The van der Waals surface area contributed by atoms with Crippen molar-refractivity contribution in [3.8, 4) is 0 Å². The van der Waals surface area contributed by atoms with Crippen molar-refractivity contribution in [3.05, 3.63) is 29.3 Å². The first-order chi connectivity index (χ1) is 5.81. The summed E-state index contributed by atoms with van der Waals surface area (Å²) in [4.78, 5) is 1.16. The van der Waals surface area contributed by atoms with Gasteiger partial charge < -0.3 is 10.8 Å². The Kier molecular flexibility index (Phi) is 3.59. The Hall–Kier alpha value is -0.510. The molecule has 0 aliphatic heterocycles. The average Bonchev–Trinajstić information content (AvgIpc) is 2.16. The third-order valence-electron chi connectivity index (χ3n) is 1.80. The first kappa shape index (κ1) is 9.58. The summed E-state index contributed by atoms with van der Waals surface area (Å²) < 4.78 is 0. The van der Waals surface area contributed by atoms with E-state index in [0.29, 0.717) is 6.54 Å². The molecule has 66 valence electrons. The second-order valence-electron chi connectivity index (χ2n) is 2.50. The van der Waals surface area contributed by atoms with E-state index >= 15 is 0 Å². The van der Waals surface area contributed by atoms with Gasteiger partial charge in [0.25, 0.3) is 0 Å². The zero-order valence-corrected chi connectivity index (χ0v) is 7.90. The Labute approximate surface area is 76.8 Å². The SMILES string of the molecule is CSc1ccc(CN)c(CO)c1. The van der Waals surface area contributed by atoms with E-state index in [-0.39, 0.29) is 6.61 Å². The highest BCUT2D eigenvalue weighted by Gasteiger charge is 2.00. The van der Waals surface area contributed by atoms with Gasteiger partial charge in [0.1, 0.15) is 0 Å². The molecule has 0 unspecified atom stereocenters. The van der Waals surface area contributed by atoms with Crippen molar-refractivity contribution in [1.29, 1.82) is 0 Å². The van der Waals surface area contributed by atoms with Gasteiger partial charge in [-0.1, -0.05) is 6.07 Å². The summed E-state index contributed by atoms with van der Waals surface area (Å²) in [5.74, 6) is 0. The standard InChI is InChI=1S/C9H13NOS/c1-12-9-3-2-7(5-10)8(4-9)6-11/h2-4,11H,5-6,10H2,1H3. The smallest absolute Gasteiger partial charge is 0.0685 e. The zero-order chi connectivity index (χ0) is 8.97. The fourth-order valence-electron chi connectivity index (χ4n) is 1.08. The van der Waals surface area contributed by atoms with E-state index in [9.17, 15) is 0 Å². The van der Waals surface area contributed by atoms with Crippen molar-refractivity contribution >= 4 is 11.8 Å². The van der Waals surface area contributed by atoms with Crippen molar-refractivity contribution in [2.75, 3.05) is 6.26 Å². The molecule has 0 atom stereocenters. The maximum Gasteiger partial charge on any atom is 0.0685 e. The van der Waals surface area contributed by atoms with Gasteiger partial charge in [-0.05, 0) is 29.5 Å². The van der Waals surface area contributed by atoms with Crippen molar-refractivity contribution in [3.63, 3.8) is 0 Å². The van der Waals surface area contributed by atoms with Crippen LogP contribution in [0.15, 0.2) is 23.1 Å². The minimum atomic E-state index is 0.0704. The minimum absolute atomic E-state index is 0.0704. The molecule has 0 fully saturated rings. The predicted octanol–water partition coefficient (Wildman–Crippen LogP) is 1.36. The monoisotopic (exact) mass is 183 g/mol. The zero-order valence-electron chi connectivity index (χ0n) is 7.08. The summed E-state index contributed by atoms with van der Waals surface area (Å²) >= 11 is 1.67. The van der Waals surface area contributed by atoms with E-state index in [1.165, 1.54) is 0 Å². The van der Waals surface area contributed by atoms with Crippen LogP contribution < -0.4 is 5.73 Å². The lowest BCUT2D eigenvalue weighted by Crippen LogP contribution is -2.01. The summed E-state index contributed by atoms with van der Waals surface area (Å²) in [5, 5.41) is 9.00. The number of nitrogens with two attached hydrogens (primary N) is 1. The minimum Gasteiger partial charge on any atom is -0.392 e. The van der Waals surface area contributed by atoms with E-state index < -0.39 is 0 Å². The molecule has 0 amide bonds. The molecule has 0 radical (unpaired) electrons. The Bertz CT molecular complexity index is 263. The van der Waals surface area contributed by atoms with Crippen LogP contribution in [0.25, 0.3) is 0 Å². The highest BCUT2D eigenvalue weighted by molar-refractivity contribution is 7.98. The quantitative estimate of drug-likeness (QED) is 0.695. The van der Waals surface area contributed by atoms with Gasteiger partial charge in [0.05, 0.1) is 6.61 Å². The van der Waals surface area contributed by atoms with Gasteiger partial charge in [-0.2, -0.15) is 0 Å². The van der Waals surface area contributed by atoms with Crippen LogP contribution in [0.1, 0.15) is 11.1 Å². The molecule has 1 aromatic carbocycles. The molecule has 3 heteroatoms. The third-order valence-corrected chi connectivity index (χ3v) is 2.53. The van der Waals surface area contributed by atoms with Crippen molar-refractivity contribution in [2.45, 2.75) is 18.0 Å². The molecule has 1 aromatic rings. The maximum atomic E-state index is 9.00. The Morgan fingerprint density at radius 3 is 2.67 bits per heavy atom. The molecule has 0 saturated carbocycles. The molecule has 0 aliphatic rings. The lowest BCUT2D eigenvalue weighted by atomic mass is 10.1. The summed E-state index contributed by atoms with van der Waals surface area (Å²) in [5.41, 5.74) is 7.46. The number of aliphatic hydroxyl groups excluding tert-OH is 1. The van der Waals surface area contributed by atoms with Gasteiger partial charge in [0.15, 0.2) is 0 Å². The third kappa shape index (κ3) is 2.00. The van der Waals surface area contributed by atoms with Crippen LogP contribution in [0, 0.1) is 0 Å². The van der Waals surface area contributed by atoms with Crippen molar-refractivity contribution in [2.24, 2.45) is 5.73 Å². The van der Waals surface area contributed by atoms with Crippen LogP contribution in [0.3, 0.4) is 0 Å². The second-order valence-corrected chi connectivity index (χ2v) is 3.38. The van der Waals surface area contributed by atoms with Crippen molar-refractivity contribution in [1.82, 2.24) is 0 Å². The topological polar surface area (TPSA) is 46.2 Å². The number of benzene rings is 1. The van der Waals surface area contributed by atoms with Crippen molar-refractivity contribution < 1.29 is 5.11 Å². The Balaban J connectivity index is 3.02. The first-order valence-electron chi connectivity index (χ1n) is 3.78. The van der Waals surface area contributed by atoms with E-state index in [4.69, 9.17) is 10.8 Å². The largest absolute Gasteiger partial charge is 0.392 e. The van der Waals surface area contributed by atoms with Gasteiger partial charge in [-0.15, -0.1) is 11.8 Å². The molecule has 0 aliphatic carbocycles. The summed E-state index contributed by atoms with van der Waals surface area (Å²) in [6.07, 6.45) is 2.01. The van der Waals surface area contributed by atoms with Gasteiger partial charge in [0, 0.05) is 11.4 Å². The fourth-order valence-corrected chi connectivity index (χ4v) is 1.54. The number of hydrogen-bond acceptors (Lipinski definition) is 3. The number of rotatable bonds is 3. The van der Waals surface area contributed by atoms with Crippen LogP contribution in [0.5, 0.6) is 0 Å². The first-order valence-corrected chi connectivity index (χ1v) is 5.01. The molecule has 2 nitrogen and oxygen atoms in total. The van der Waals surface area contributed by atoms with Gasteiger partial charge >= 0.3 is 0 Å².